The average Bonchev–Trinajstić information content (AvgIpc) is 0.737. The van der Waals surface area contributed by atoms with Crippen LogP contribution < -0.4 is 5.19 Å². The summed E-state index contributed by atoms with van der Waals surface area (Å²) in [5.41, 5.74) is 37.4. The third-order valence-electron chi connectivity index (χ3n) is 27.4. The van der Waals surface area contributed by atoms with Crippen LogP contribution in [0.4, 0.5) is 0 Å². The maximum Gasteiger partial charge on any atom is 0.0784 e. The Morgan fingerprint density at radius 1 is 0.180 bits per heavy atom. The molecular weight excluding hydrogens is 1550 g/mol. The maximum atomic E-state index is 2.54. The van der Waals surface area contributed by atoms with Gasteiger partial charge in [0, 0.05) is 0 Å². The Kier molecular flexibility index (Phi) is 20.7. The van der Waals surface area contributed by atoms with Crippen LogP contribution in [-0.4, -0.2) is 8.07 Å². The molecule has 3 aliphatic rings. The highest BCUT2D eigenvalue weighted by Gasteiger charge is 2.29. The summed E-state index contributed by atoms with van der Waals surface area (Å²) in [6, 6.07) is 153. The summed E-state index contributed by atoms with van der Waals surface area (Å²) < 4.78 is 0. The van der Waals surface area contributed by atoms with E-state index in [0.29, 0.717) is 0 Å². The van der Waals surface area contributed by atoms with Crippen LogP contribution in [0.2, 0.25) is 19.6 Å². The van der Waals surface area contributed by atoms with Gasteiger partial charge in [0.1, 0.15) is 0 Å². The van der Waals surface area contributed by atoms with E-state index in [9.17, 15) is 0 Å². The molecule has 0 heterocycles. The summed E-state index contributed by atoms with van der Waals surface area (Å²) in [6.45, 7) is 12.0. The molecule has 0 saturated heterocycles. The van der Waals surface area contributed by atoms with Crippen LogP contribution in [0.5, 0.6) is 0 Å². The number of allylic oxidation sites excluding steroid dienone is 3. The van der Waals surface area contributed by atoms with Crippen molar-refractivity contribution >= 4 is 116 Å². The first-order chi connectivity index (χ1) is 63.0. The monoisotopic (exact) mass is 1650 g/mol. The predicted molar refractivity (Wildman–Crippen MR) is 555 cm³/mol. The van der Waals surface area contributed by atoms with Crippen molar-refractivity contribution in [3.05, 3.63) is 492 Å². The molecule has 0 aromatic heterocycles. The Morgan fingerprint density at radius 2 is 0.484 bits per heavy atom. The molecule has 0 atom stereocenters. The lowest BCUT2D eigenvalue weighted by molar-refractivity contribution is 0.977. The lowest BCUT2D eigenvalue weighted by atomic mass is 9.82. The molecule has 0 aliphatic heterocycles. The first-order valence-electron chi connectivity index (χ1n) is 45.7. The van der Waals surface area contributed by atoms with Crippen molar-refractivity contribution in [2.24, 2.45) is 0 Å². The fraction of sp³-hybridized carbons (Fsp3) is 0.0866. The molecule has 0 unspecified atom stereocenters. The number of aryl methyl sites for hydroxylation is 5. The molecule has 0 bridgehead atoms. The van der Waals surface area contributed by atoms with Crippen LogP contribution in [-0.2, 0) is 19.3 Å². The van der Waals surface area contributed by atoms with Gasteiger partial charge in [-0.15, -0.1) is 0 Å². The van der Waals surface area contributed by atoms with Gasteiger partial charge in [0.2, 0.25) is 0 Å². The zero-order chi connectivity index (χ0) is 85.9. The molecule has 0 fully saturated rings. The predicted octanol–water partition coefficient (Wildman–Crippen LogP) is 34.3. The molecule has 0 spiro atoms. The van der Waals surface area contributed by atoms with Crippen molar-refractivity contribution in [1.29, 1.82) is 0 Å². The molecule has 0 amide bonds. The summed E-state index contributed by atoms with van der Waals surface area (Å²) in [5, 5.41) is 22.2. The highest BCUT2D eigenvalue weighted by atomic mass is 28.3. The SMILES string of the molecule is C[Si](C)(C)c1cc(C2=CCCc3ccccc32)ccc1-c1c2ccccc2c(-c2ccc(-c3ccccc3)cc2)c2ccccc12.Cc1cc(-c2c3ccccc3c(-c3cccc4ccccc34)c3ccccc23)ccc1C1=CCCc2ccccc21.Cc1cc(C2=CCCc3ccccc32)ccc1-c1c2ccccc2c(-c2ccc3ccccc3c2)c2ccccc12. The Hall–Kier alpha value is -14.9. The molecule has 1 heteroatoms. The fourth-order valence-corrected chi connectivity index (χ4v) is 23.1. The van der Waals surface area contributed by atoms with Crippen LogP contribution >= 0.6 is 0 Å². The number of hydrogen-bond acceptors (Lipinski definition) is 0. The summed E-state index contributed by atoms with van der Waals surface area (Å²) >= 11 is 0. The van der Waals surface area contributed by atoms with E-state index in [0.717, 1.165) is 38.5 Å². The molecule has 128 heavy (non-hydrogen) atoms. The van der Waals surface area contributed by atoms with E-state index in [-0.39, 0.29) is 0 Å². The Balaban J connectivity index is 0.000000113. The van der Waals surface area contributed by atoms with Crippen LogP contribution in [0.3, 0.4) is 0 Å². The summed E-state index contributed by atoms with van der Waals surface area (Å²) in [7, 11) is -1.77. The zero-order valence-corrected chi connectivity index (χ0v) is 74.2. The van der Waals surface area contributed by atoms with Gasteiger partial charge in [0.15, 0.2) is 0 Å². The zero-order valence-electron chi connectivity index (χ0n) is 73.2. The molecule has 610 valence electrons. The summed E-state index contributed by atoms with van der Waals surface area (Å²) in [4.78, 5) is 0. The van der Waals surface area contributed by atoms with Gasteiger partial charge in [-0.25, -0.2) is 0 Å². The average molecular weight is 1650 g/mol. The third-order valence-corrected chi connectivity index (χ3v) is 29.4. The summed E-state index contributed by atoms with van der Waals surface area (Å²) in [6.07, 6.45) is 14.0. The Bertz CT molecular complexity index is 7920. The van der Waals surface area contributed by atoms with E-state index in [1.807, 2.05) is 0 Å². The molecule has 0 saturated carbocycles. The van der Waals surface area contributed by atoms with Crippen LogP contribution in [0, 0.1) is 13.8 Å². The molecule has 24 rings (SSSR count). The van der Waals surface area contributed by atoms with Crippen LogP contribution in [0.25, 0.3) is 181 Å². The van der Waals surface area contributed by atoms with Gasteiger partial charge in [0.05, 0.1) is 8.07 Å². The third kappa shape index (κ3) is 14.4. The lowest BCUT2D eigenvalue weighted by Crippen LogP contribution is -2.39. The highest BCUT2D eigenvalue weighted by Crippen LogP contribution is 2.51. The van der Waals surface area contributed by atoms with E-state index < -0.39 is 8.07 Å². The van der Waals surface area contributed by atoms with Crippen molar-refractivity contribution in [1.82, 2.24) is 0 Å². The molecule has 21 aromatic rings. The first-order valence-corrected chi connectivity index (χ1v) is 49.2. The van der Waals surface area contributed by atoms with E-state index >= 15 is 0 Å². The molecule has 3 aliphatic carbocycles. The Morgan fingerprint density at radius 3 is 0.969 bits per heavy atom. The minimum Gasteiger partial charge on any atom is -0.0757 e. The van der Waals surface area contributed by atoms with E-state index in [4.69, 9.17) is 0 Å². The highest BCUT2D eigenvalue weighted by molar-refractivity contribution is 6.89. The second-order valence-electron chi connectivity index (χ2n) is 36.1. The maximum absolute atomic E-state index is 2.54. The van der Waals surface area contributed by atoms with Gasteiger partial charge < -0.3 is 0 Å². The standard InChI is InChI=1S/C45H38Si.2C41H30/c1-46(2,3)43-30-35(37-23-13-17-33-16-7-8-18-36(33)37)28-29-42(43)45-40-21-11-9-19-38(40)44(39-20-10-12-22-41(39)45)34-26-24-32(25-27-34)31-14-5-4-6-15-31;1-27-26-30(24-25-31(27)34-22-10-14-28-12-2-4-16-32(28)34)40-36-18-6-8-20-38(36)41(39-21-9-7-19-37(39)40)35-23-11-15-29-13-3-5-17-33(29)35;1-27-25-31(35-20-10-14-29-12-4-5-15-34(29)35)23-24-33(27)41-38-18-8-6-16-36(38)40(37-17-7-9-19-39(37)41)32-22-21-28-11-2-3-13-30(28)26-32/h4-12,14-16,18-30H,13,17H2,1-3H3;2*2-9,11-13,15-26H,10,14H2,1H3. The van der Waals surface area contributed by atoms with Crippen molar-refractivity contribution < 1.29 is 0 Å². The number of fused-ring (bicyclic) bond motifs is 11. The van der Waals surface area contributed by atoms with Crippen LogP contribution in [0.1, 0.15) is 80.5 Å². The smallest absolute Gasteiger partial charge is 0.0757 e. The minimum atomic E-state index is -1.77. The summed E-state index contributed by atoms with van der Waals surface area (Å²) in [5.74, 6) is 0. The minimum absolute atomic E-state index is 1.10. The fourth-order valence-electron chi connectivity index (χ4n) is 21.5. The van der Waals surface area contributed by atoms with Gasteiger partial charge in [0.25, 0.3) is 0 Å². The van der Waals surface area contributed by atoms with E-state index in [1.165, 1.54) is 247 Å². The van der Waals surface area contributed by atoms with Gasteiger partial charge in [-0.2, -0.15) is 0 Å². The van der Waals surface area contributed by atoms with Gasteiger partial charge in [-0.3, -0.25) is 0 Å². The number of hydrogen-bond donors (Lipinski definition) is 0. The largest absolute Gasteiger partial charge is 0.0784 e. The second kappa shape index (κ2) is 33.6. The Labute approximate surface area is 752 Å². The van der Waals surface area contributed by atoms with Crippen LogP contribution in [0.15, 0.2) is 431 Å². The van der Waals surface area contributed by atoms with Crippen molar-refractivity contribution in [3.63, 3.8) is 0 Å². The molecule has 0 N–H and O–H groups in total. The molecule has 0 nitrogen and oxygen atoms in total. The van der Waals surface area contributed by atoms with Crippen molar-refractivity contribution in [2.75, 3.05) is 0 Å². The molecular formula is C127H98Si. The molecule has 21 aromatic carbocycles. The lowest BCUT2D eigenvalue weighted by Gasteiger charge is -2.26. The van der Waals surface area contributed by atoms with E-state index in [2.05, 4.69) is 464 Å². The van der Waals surface area contributed by atoms with Gasteiger partial charge >= 0.3 is 0 Å². The second-order valence-corrected chi connectivity index (χ2v) is 41.1. The normalized spacial score (nSPS) is 13.0. The quantitative estimate of drug-likeness (QED) is 0.0894. The van der Waals surface area contributed by atoms with Crippen molar-refractivity contribution in [2.45, 2.75) is 72.0 Å². The van der Waals surface area contributed by atoms with Crippen molar-refractivity contribution in [3.8, 4) is 77.9 Å². The van der Waals surface area contributed by atoms with Gasteiger partial charge in [-0.1, -0.05) is 450 Å². The topological polar surface area (TPSA) is 0 Å². The first kappa shape index (κ1) is 79.1. The number of rotatable bonds is 11. The molecule has 0 radical (unpaired) electrons. The van der Waals surface area contributed by atoms with E-state index in [1.54, 1.807) is 0 Å². The van der Waals surface area contributed by atoms with Gasteiger partial charge in [-0.05, 0) is 300 Å². The number of benzene rings is 21.